The van der Waals surface area contributed by atoms with Crippen molar-refractivity contribution >= 4 is 28.6 Å². The fourth-order valence-electron chi connectivity index (χ4n) is 5.41. The van der Waals surface area contributed by atoms with Crippen LogP contribution < -0.4 is 11.1 Å². The highest BCUT2D eigenvalue weighted by Crippen LogP contribution is 2.36. The molecule has 200 valence electrons. The van der Waals surface area contributed by atoms with Crippen LogP contribution in [0.3, 0.4) is 0 Å². The van der Waals surface area contributed by atoms with E-state index in [1.165, 1.54) is 31.2 Å². The molecule has 4 heterocycles. The summed E-state index contributed by atoms with van der Waals surface area (Å²) in [5.41, 5.74) is 4.79. The number of hydrogen-bond acceptors (Lipinski definition) is 7. The van der Waals surface area contributed by atoms with E-state index in [1.807, 2.05) is 18.2 Å². The SMILES string of the molecule is CC1CCC(Cn2c(NCCc3ccccc3)nc3cc(-c4noc(=O)[nH]4)nc(-c4cncc(Cl)c4)c32)CC1. The van der Waals surface area contributed by atoms with E-state index in [4.69, 9.17) is 26.1 Å². The molecule has 0 aliphatic heterocycles. The molecule has 0 atom stereocenters. The van der Waals surface area contributed by atoms with Gasteiger partial charge in [-0.1, -0.05) is 66.9 Å². The molecule has 6 rings (SSSR count). The molecule has 39 heavy (non-hydrogen) atoms. The Balaban J connectivity index is 1.46. The predicted octanol–water partition coefficient (Wildman–Crippen LogP) is 5.97. The summed E-state index contributed by atoms with van der Waals surface area (Å²) in [5.74, 6) is 1.71. The van der Waals surface area contributed by atoms with Gasteiger partial charge in [-0.05, 0) is 48.8 Å². The van der Waals surface area contributed by atoms with Gasteiger partial charge in [-0.2, -0.15) is 0 Å². The van der Waals surface area contributed by atoms with Gasteiger partial charge in [0, 0.05) is 31.0 Å². The highest BCUT2D eigenvalue weighted by Gasteiger charge is 2.24. The van der Waals surface area contributed by atoms with Crippen molar-refractivity contribution in [1.82, 2.24) is 29.7 Å². The maximum Gasteiger partial charge on any atom is 0.439 e. The second kappa shape index (κ2) is 11.0. The van der Waals surface area contributed by atoms with Crippen LogP contribution in [-0.2, 0) is 13.0 Å². The second-order valence-corrected chi connectivity index (χ2v) is 10.8. The van der Waals surface area contributed by atoms with Gasteiger partial charge in [0.05, 0.1) is 21.7 Å². The summed E-state index contributed by atoms with van der Waals surface area (Å²) in [7, 11) is 0. The van der Waals surface area contributed by atoms with Gasteiger partial charge < -0.3 is 9.88 Å². The molecular weight excluding hydrogens is 514 g/mol. The average Bonchev–Trinajstić information content (AvgIpc) is 3.53. The molecule has 1 aromatic carbocycles. The molecule has 4 aromatic heterocycles. The Kier molecular flexibility index (Phi) is 7.15. The fraction of sp³-hybridized carbons (Fsp3) is 0.345. The molecule has 2 N–H and O–H groups in total. The van der Waals surface area contributed by atoms with E-state index in [9.17, 15) is 4.79 Å². The van der Waals surface area contributed by atoms with E-state index in [0.717, 1.165) is 48.0 Å². The highest BCUT2D eigenvalue weighted by atomic mass is 35.5. The number of H-pyrrole nitrogens is 1. The van der Waals surface area contributed by atoms with Crippen LogP contribution in [0.1, 0.15) is 38.2 Å². The van der Waals surface area contributed by atoms with Crippen LogP contribution in [0.2, 0.25) is 5.02 Å². The van der Waals surface area contributed by atoms with Crippen molar-refractivity contribution in [1.29, 1.82) is 0 Å². The molecule has 0 saturated heterocycles. The standard InChI is InChI=1S/C29H30ClN7O2/c1-18-7-9-20(10-8-18)17-37-26-23(34-28(37)32-12-11-19-5-3-2-4-6-19)14-24(27-35-29(38)39-36-27)33-25(26)21-13-22(30)16-31-15-21/h2-6,13-16,18,20H,7-12,17H2,1H3,(H,32,34)(H,35,36,38). The van der Waals surface area contributed by atoms with Gasteiger partial charge in [0.25, 0.3) is 0 Å². The van der Waals surface area contributed by atoms with Crippen molar-refractivity contribution in [2.24, 2.45) is 11.8 Å². The van der Waals surface area contributed by atoms with Crippen molar-refractivity contribution in [3.8, 4) is 22.8 Å². The topological polar surface area (TPSA) is 115 Å². The van der Waals surface area contributed by atoms with Crippen LogP contribution in [0.15, 0.2) is 64.2 Å². The number of benzene rings is 1. The third-order valence-corrected chi connectivity index (χ3v) is 7.71. The Morgan fingerprint density at radius 2 is 1.92 bits per heavy atom. The van der Waals surface area contributed by atoms with E-state index < -0.39 is 5.76 Å². The third kappa shape index (κ3) is 5.59. The molecule has 1 aliphatic carbocycles. The van der Waals surface area contributed by atoms with Crippen LogP contribution in [0.5, 0.6) is 0 Å². The monoisotopic (exact) mass is 543 g/mol. The Morgan fingerprint density at radius 1 is 1.10 bits per heavy atom. The zero-order chi connectivity index (χ0) is 26.8. The maximum atomic E-state index is 11.7. The van der Waals surface area contributed by atoms with Gasteiger partial charge in [0.2, 0.25) is 11.8 Å². The molecule has 0 radical (unpaired) electrons. The maximum absolute atomic E-state index is 11.7. The number of nitrogens with zero attached hydrogens (tertiary/aromatic N) is 5. The lowest BCUT2D eigenvalue weighted by atomic mass is 9.83. The number of halogens is 1. The lowest BCUT2D eigenvalue weighted by Crippen LogP contribution is -2.20. The molecule has 1 fully saturated rings. The van der Waals surface area contributed by atoms with Gasteiger partial charge in [-0.3, -0.25) is 14.5 Å². The Bertz CT molecular complexity index is 1630. The highest BCUT2D eigenvalue weighted by molar-refractivity contribution is 6.30. The second-order valence-electron chi connectivity index (χ2n) is 10.4. The number of hydrogen-bond donors (Lipinski definition) is 2. The average molecular weight is 544 g/mol. The van der Waals surface area contributed by atoms with Crippen LogP contribution >= 0.6 is 11.6 Å². The van der Waals surface area contributed by atoms with Gasteiger partial charge in [-0.25, -0.2) is 14.8 Å². The molecule has 9 nitrogen and oxygen atoms in total. The van der Waals surface area contributed by atoms with Crippen molar-refractivity contribution in [2.75, 3.05) is 11.9 Å². The number of fused-ring (bicyclic) bond motifs is 1. The van der Waals surface area contributed by atoms with Crippen molar-refractivity contribution in [3.05, 3.63) is 76.0 Å². The number of rotatable bonds is 8. The van der Waals surface area contributed by atoms with Crippen LogP contribution in [-0.4, -0.2) is 36.2 Å². The number of anilines is 1. The van der Waals surface area contributed by atoms with Crippen molar-refractivity contribution < 1.29 is 4.52 Å². The molecule has 1 saturated carbocycles. The summed E-state index contributed by atoms with van der Waals surface area (Å²) in [5, 5.41) is 7.96. The first-order valence-corrected chi connectivity index (χ1v) is 13.8. The summed E-state index contributed by atoms with van der Waals surface area (Å²) in [4.78, 5) is 28.6. The number of imidazole rings is 1. The Morgan fingerprint density at radius 3 is 2.67 bits per heavy atom. The zero-order valence-electron chi connectivity index (χ0n) is 21.7. The summed E-state index contributed by atoms with van der Waals surface area (Å²) in [6, 6.07) is 14.1. The largest absolute Gasteiger partial charge is 0.439 e. The normalized spacial score (nSPS) is 17.5. The van der Waals surface area contributed by atoms with Crippen LogP contribution in [0, 0.1) is 11.8 Å². The molecule has 5 aromatic rings. The van der Waals surface area contributed by atoms with E-state index >= 15 is 0 Å². The van der Waals surface area contributed by atoms with E-state index in [1.54, 1.807) is 12.4 Å². The minimum atomic E-state index is -0.641. The minimum absolute atomic E-state index is 0.243. The Hall–Kier alpha value is -3.98. The van der Waals surface area contributed by atoms with Crippen molar-refractivity contribution in [3.63, 3.8) is 0 Å². The zero-order valence-corrected chi connectivity index (χ0v) is 22.5. The molecular formula is C29H30ClN7O2. The fourth-order valence-corrected chi connectivity index (χ4v) is 5.58. The lowest BCUT2D eigenvalue weighted by molar-refractivity contribution is 0.267. The Labute approximate surface area is 230 Å². The molecule has 0 amide bonds. The number of pyridine rings is 2. The van der Waals surface area contributed by atoms with Gasteiger partial charge in [0.15, 0.2) is 0 Å². The van der Waals surface area contributed by atoms with Gasteiger partial charge in [-0.15, -0.1) is 0 Å². The summed E-state index contributed by atoms with van der Waals surface area (Å²) in [6.07, 6.45) is 9.05. The van der Waals surface area contributed by atoms with Crippen LogP contribution in [0.4, 0.5) is 5.95 Å². The first-order chi connectivity index (χ1) is 19.0. The van der Waals surface area contributed by atoms with E-state index in [0.29, 0.717) is 22.3 Å². The third-order valence-electron chi connectivity index (χ3n) is 7.50. The first kappa shape index (κ1) is 25.3. The van der Waals surface area contributed by atoms with E-state index in [-0.39, 0.29) is 5.82 Å². The van der Waals surface area contributed by atoms with Gasteiger partial charge in [0.1, 0.15) is 5.69 Å². The molecule has 0 unspecified atom stereocenters. The van der Waals surface area contributed by atoms with Crippen LogP contribution in [0.25, 0.3) is 33.8 Å². The molecule has 10 heteroatoms. The number of aromatic amines is 1. The van der Waals surface area contributed by atoms with Gasteiger partial charge >= 0.3 is 5.76 Å². The predicted molar refractivity (Wildman–Crippen MR) is 152 cm³/mol. The van der Waals surface area contributed by atoms with E-state index in [2.05, 4.69) is 56.2 Å². The molecule has 0 spiro atoms. The summed E-state index contributed by atoms with van der Waals surface area (Å²) >= 11 is 6.35. The summed E-state index contributed by atoms with van der Waals surface area (Å²) in [6.45, 7) is 3.91. The number of nitrogens with one attached hydrogen (secondary N) is 2. The summed E-state index contributed by atoms with van der Waals surface area (Å²) < 4.78 is 7.02. The molecule has 1 aliphatic rings. The smallest absolute Gasteiger partial charge is 0.355 e. The molecule has 0 bridgehead atoms. The quantitative estimate of drug-likeness (QED) is 0.248. The number of aromatic nitrogens is 6. The van der Waals surface area contributed by atoms with Crippen molar-refractivity contribution in [2.45, 2.75) is 45.6 Å². The first-order valence-electron chi connectivity index (χ1n) is 13.4. The lowest BCUT2D eigenvalue weighted by Gasteiger charge is -2.27. The minimum Gasteiger partial charge on any atom is -0.355 e.